The van der Waals surface area contributed by atoms with Gasteiger partial charge in [0.25, 0.3) is 6.43 Å². The predicted octanol–water partition coefficient (Wildman–Crippen LogP) is 3.40. The maximum atomic E-state index is 12.7. The smallest absolute Gasteiger partial charge is 0.263 e. The SMILES string of the molecule is COc1cc(C(F)F)ccc1C1(CN)CCCC1. The Hall–Kier alpha value is -1.16. The number of ether oxygens (including phenoxy) is 1. The number of halogens is 2. The van der Waals surface area contributed by atoms with E-state index in [1.807, 2.05) is 0 Å². The number of methoxy groups -OCH3 is 1. The van der Waals surface area contributed by atoms with Crippen LogP contribution in [0.2, 0.25) is 0 Å². The van der Waals surface area contributed by atoms with Gasteiger partial charge in [0.15, 0.2) is 0 Å². The van der Waals surface area contributed by atoms with E-state index in [9.17, 15) is 8.78 Å². The van der Waals surface area contributed by atoms with Gasteiger partial charge in [-0.3, -0.25) is 0 Å². The summed E-state index contributed by atoms with van der Waals surface area (Å²) >= 11 is 0. The second-order valence-corrected chi connectivity index (χ2v) is 4.95. The normalized spacial score (nSPS) is 18.3. The van der Waals surface area contributed by atoms with Crippen molar-refractivity contribution in [3.63, 3.8) is 0 Å². The van der Waals surface area contributed by atoms with Gasteiger partial charge in [-0.1, -0.05) is 25.0 Å². The fourth-order valence-electron chi connectivity index (χ4n) is 2.92. The Kier molecular flexibility index (Phi) is 3.85. The van der Waals surface area contributed by atoms with Crippen LogP contribution in [0.3, 0.4) is 0 Å². The zero-order chi connectivity index (χ0) is 13.2. The molecule has 1 saturated carbocycles. The Morgan fingerprint density at radius 2 is 2.00 bits per heavy atom. The first-order valence-corrected chi connectivity index (χ1v) is 6.29. The summed E-state index contributed by atoms with van der Waals surface area (Å²) in [7, 11) is 1.52. The molecule has 0 spiro atoms. The highest BCUT2D eigenvalue weighted by Gasteiger charge is 2.36. The molecule has 2 nitrogen and oxygen atoms in total. The van der Waals surface area contributed by atoms with Crippen LogP contribution in [0.15, 0.2) is 18.2 Å². The van der Waals surface area contributed by atoms with Gasteiger partial charge in [-0.15, -0.1) is 0 Å². The molecule has 0 radical (unpaired) electrons. The third-order valence-corrected chi connectivity index (χ3v) is 4.00. The van der Waals surface area contributed by atoms with Gasteiger partial charge in [-0.25, -0.2) is 8.78 Å². The van der Waals surface area contributed by atoms with Crippen LogP contribution in [-0.2, 0) is 5.41 Å². The molecule has 0 atom stereocenters. The van der Waals surface area contributed by atoms with Crippen molar-refractivity contribution in [1.82, 2.24) is 0 Å². The van der Waals surface area contributed by atoms with E-state index in [1.165, 1.54) is 19.2 Å². The molecule has 0 unspecified atom stereocenters. The zero-order valence-electron chi connectivity index (χ0n) is 10.6. The van der Waals surface area contributed by atoms with Gasteiger partial charge in [0.1, 0.15) is 5.75 Å². The standard InChI is InChI=1S/C14H19F2NO/c1-18-12-8-10(13(15)16)4-5-11(12)14(9-17)6-2-3-7-14/h4-5,8,13H,2-3,6-7,9,17H2,1H3. The number of nitrogens with two attached hydrogens (primary N) is 1. The Morgan fingerprint density at radius 3 is 2.50 bits per heavy atom. The Balaban J connectivity index is 2.43. The highest BCUT2D eigenvalue weighted by atomic mass is 19.3. The zero-order valence-corrected chi connectivity index (χ0v) is 10.6. The van der Waals surface area contributed by atoms with Gasteiger partial charge in [0.05, 0.1) is 7.11 Å². The van der Waals surface area contributed by atoms with Crippen molar-refractivity contribution < 1.29 is 13.5 Å². The number of rotatable bonds is 4. The minimum absolute atomic E-state index is 0.000711. The molecule has 100 valence electrons. The molecule has 1 aliphatic rings. The first-order chi connectivity index (χ1) is 8.63. The summed E-state index contributed by atoms with van der Waals surface area (Å²) in [5.74, 6) is 0.542. The van der Waals surface area contributed by atoms with Gasteiger partial charge >= 0.3 is 0 Å². The maximum absolute atomic E-state index is 12.7. The molecule has 1 fully saturated rings. The first kappa shape index (κ1) is 13.3. The molecule has 0 heterocycles. The molecule has 1 aliphatic carbocycles. The number of benzene rings is 1. The second-order valence-electron chi connectivity index (χ2n) is 4.95. The van der Waals surface area contributed by atoms with Crippen LogP contribution in [-0.4, -0.2) is 13.7 Å². The quantitative estimate of drug-likeness (QED) is 0.895. The van der Waals surface area contributed by atoms with Crippen molar-refractivity contribution in [2.75, 3.05) is 13.7 Å². The number of alkyl halides is 2. The lowest BCUT2D eigenvalue weighted by atomic mass is 9.78. The minimum Gasteiger partial charge on any atom is -0.496 e. The molecule has 1 aromatic carbocycles. The first-order valence-electron chi connectivity index (χ1n) is 6.29. The van der Waals surface area contributed by atoms with Crippen LogP contribution in [0, 0.1) is 0 Å². The average Bonchev–Trinajstić information content (AvgIpc) is 2.87. The Bertz CT molecular complexity index is 414. The Morgan fingerprint density at radius 1 is 1.33 bits per heavy atom. The monoisotopic (exact) mass is 255 g/mol. The van der Waals surface area contributed by atoms with E-state index in [4.69, 9.17) is 10.5 Å². The van der Waals surface area contributed by atoms with Crippen LogP contribution >= 0.6 is 0 Å². The molecule has 1 aromatic rings. The van der Waals surface area contributed by atoms with Crippen LogP contribution in [0.25, 0.3) is 0 Å². The minimum atomic E-state index is -2.47. The number of hydrogen-bond acceptors (Lipinski definition) is 2. The second kappa shape index (κ2) is 5.22. The topological polar surface area (TPSA) is 35.2 Å². The molecule has 0 bridgehead atoms. The molecule has 0 amide bonds. The van der Waals surface area contributed by atoms with Crippen molar-refractivity contribution in [2.45, 2.75) is 37.5 Å². The van der Waals surface area contributed by atoms with E-state index in [1.54, 1.807) is 6.07 Å². The highest BCUT2D eigenvalue weighted by Crippen LogP contribution is 2.44. The van der Waals surface area contributed by atoms with Crippen molar-refractivity contribution in [3.8, 4) is 5.75 Å². The van der Waals surface area contributed by atoms with Crippen LogP contribution in [0.1, 0.15) is 43.2 Å². The van der Waals surface area contributed by atoms with E-state index < -0.39 is 6.43 Å². The molecule has 4 heteroatoms. The van der Waals surface area contributed by atoms with Gasteiger partial charge < -0.3 is 10.5 Å². The molecule has 18 heavy (non-hydrogen) atoms. The molecule has 2 rings (SSSR count). The van der Waals surface area contributed by atoms with E-state index in [0.717, 1.165) is 31.2 Å². The van der Waals surface area contributed by atoms with Crippen LogP contribution < -0.4 is 10.5 Å². The summed E-state index contributed by atoms with van der Waals surface area (Å²) in [6.45, 7) is 0.539. The van der Waals surface area contributed by atoms with Gasteiger partial charge in [-0.05, 0) is 18.9 Å². The summed E-state index contributed by atoms with van der Waals surface area (Å²) in [4.78, 5) is 0. The summed E-state index contributed by atoms with van der Waals surface area (Å²) in [6.07, 6.45) is 1.82. The van der Waals surface area contributed by atoms with Crippen molar-refractivity contribution in [3.05, 3.63) is 29.3 Å². The highest BCUT2D eigenvalue weighted by molar-refractivity contribution is 5.44. The third kappa shape index (κ3) is 2.21. The van der Waals surface area contributed by atoms with Crippen molar-refractivity contribution in [1.29, 1.82) is 0 Å². The maximum Gasteiger partial charge on any atom is 0.263 e. The largest absolute Gasteiger partial charge is 0.496 e. The fraction of sp³-hybridized carbons (Fsp3) is 0.571. The third-order valence-electron chi connectivity index (χ3n) is 4.00. The lowest BCUT2D eigenvalue weighted by molar-refractivity contribution is 0.151. The van der Waals surface area contributed by atoms with E-state index in [-0.39, 0.29) is 11.0 Å². The lowest BCUT2D eigenvalue weighted by Crippen LogP contribution is -2.32. The van der Waals surface area contributed by atoms with Crippen molar-refractivity contribution >= 4 is 0 Å². The summed E-state index contributed by atoms with van der Waals surface area (Å²) in [5.41, 5.74) is 6.81. The van der Waals surface area contributed by atoms with E-state index >= 15 is 0 Å². The van der Waals surface area contributed by atoms with Gasteiger partial charge in [0, 0.05) is 23.1 Å². The van der Waals surface area contributed by atoms with Crippen molar-refractivity contribution in [2.24, 2.45) is 5.73 Å². The molecular formula is C14H19F2NO. The summed E-state index contributed by atoms with van der Waals surface area (Å²) < 4.78 is 30.7. The van der Waals surface area contributed by atoms with Crippen LogP contribution in [0.4, 0.5) is 8.78 Å². The number of hydrogen-bond donors (Lipinski definition) is 1. The molecule has 0 aromatic heterocycles. The fourth-order valence-corrected chi connectivity index (χ4v) is 2.92. The van der Waals surface area contributed by atoms with Crippen LogP contribution in [0.5, 0.6) is 5.75 Å². The summed E-state index contributed by atoms with van der Waals surface area (Å²) in [5, 5.41) is 0. The predicted molar refractivity (Wildman–Crippen MR) is 67.2 cm³/mol. The van der Waals surface area contributed by atoms with E-state index in [2.05, 4.69) is 0 Å². The van der Waals surface area contributed by atoms with Gasteiger partial charge in [0.2, 0.25) is 0 Å². The van der Waals surface area contributed by atoms with Gasteiger partial charge in [-0.2, -0.15) is 0 Å². The molecular weight excluding hydrogens is 236 g/mol. The Labute approximate surface area is 106 Å². The molecule has 0 aliphatic heterocycles. The molecule has 2 N–H and O–H groups in total. The molecule has 0 saturated heterocycles. The average molecular weight is 255 g/mol. The lowest BCUT2D eigenvalue weighted by Gasteiger charge is -2.29. The van der Waals surface area contributed by atoms with E-state index in [0.29, 0.717) is 12.3 Å². The summed E-state index contributed by atoms with van der Waals surface area (Å²) in [6, 6.07) is 4.69.